The number of H-pyrrole nitrogens is 1. The van der Waals surface area contributed by atoms with E-state index in [4.69, 9.17) is 0 Å². The van der Waals surface area contributed by atoms with Crippen molar-refractivity contribution in [1.29, 1.82) is 0 Å². The van der Waals surface area contributed by atoms with Gasteiger partial charge in [0.15, 0.2) is 0 Å². The Hall–Kier alpha value is -3.15. The van der Waals surface area contributed by atoms with Gasteiger partial charge < -0.3 is 10.0 Å². The molecule has 1 aliphatic heterocycles. The number of aromatic hydroxyl groups is 1. The predicted molar refractivity (Wildman–Crippen MR) is 109 cm³/mol. The van der Waals surface area contributed by atoms with Crippen LogP contribution in [0.15, 0.2) is 54.6 Å². The topological polar surface area (TPSA) is 69.2 Å². The van der Waals surface area contributed by atoms with Crippen molar-refractivity contribution in [3.63, 3.8) is 0 Å². The number of amides is 1. The van der Waals surface area contributed by atoms with E-state index in [1.807, 2.05) is 17.0 Å². The molecular formula is C23H24FN3O2. The van der Waals surface area contributed by atoms with E-state index in [2.05, 4.69) is 10.2 Å². The van der Waals surface area contributed by atoms with E-state index < -0.39 is 0 Å². The van der Waals surface area contributed by atoms with Gasteiger partial charge in [0.1, 0.15) is 17.3 Å². The molecule has 1 atom stereocenters. The number of aromatic amines is 1. The summed E-state index contributed by atoms with van der Waals surface area (Å²) in [5, 5.41) is 16.5. The summed E-state index contributed by atoms with van der Waals surface area (Å²) in [6, 6.07) is 15.2. The van der Waals surface area contributed by atoms with Crippen LogP contribution in [-0.4, -0.2) is 39.2 Å². The average Bonchev–Trinajstić information content (AvgIpc) is 3.24. The minimum atomic E-state index is -0.214. The van der Waals surface area contributed by atoms with Crippen LogP contribution in [0.1, 0.15) is 35.3 Å². The number of benzene rings is 2. The fraction of sp³-hybridized carbons (Fsp3) is 0.304. The number of carbonyl (C=O) groups excluding carboxylic acids is 1. The van der Waals surface area contributed by atoms with Crippen LogP contribution < -0.4 is 0 Å². The maximum Gasteiger partial charge on any atom is 0.271 e. The van der Waals surface area contributed by atoms with Gasteiger partial charge in [-0.2, -0.15) is 5.10 Å². The number of rotatable bonds is 5. The summed E-state index contributed by atoms with van der Waals surface area (Å²) in [5.74, 6) is 0.390. The normalized spacial score (nSPS) is 16.7. The second-order valence-corrected chi connectivity index (χ2v) is 7.64. The van der Waals surface area contributed by atoms with Crippen LogP contribution >= 0.6 is 0 Å². The van der Waals surface area contributed by atoms with Crippen molar-refractivity contribution >= 4 is 5.91 Å². The Morgan fingerprint density at radius 1 is 1.17 bits per heavy atom. The second kappa shape index (κ2) is 8.47. The fourth-order valence-corrected chi connectivity index (χ4v) is 3.89. The van der Waals surface area contributed by atoms with Crippen LogP contribution in [0.3, 0.4) is 0 Å². The molecule has 0 aliphatic carbocycles. The van der Waals surface area contributed by atoms with E-state index in [-0.39, 0.29) is 17.5 Å². The van der Waals surface area contributed by atoms with Gasteiger partial charge in [-0.1, -0.05) is 12.1 Å². The molecule has 3 aromatic rings. The predicted octanol–water partition coefficient (Wildman–Crippen LogP) is 4.41. The largest absolute Gasteiger partial charge is 0.508 e. The van der Waals surface area contributed by atoms with Crippen molar-refractivity contribution in [3.05, 3.63) is 71.7 Å². The molecule has 1 aromatic heterocycles. The lowest BCUT2D eigenvalue weighted by molar-refractivity contribution is 0.0662. The molecule has 2 N–H and O–H groups in total. The van der Waals surface area contributed by atoms with Crippen LogP contribution in [0.4, 0.5) is 4.39 Å². The zero-order chi connectivity index (χ0) is 20.2. The maximum atomic E-state index is 13.0. The highest BCUT2D eigenvalue weighted by Gasteiger charge is 2.25. The van der Waals surface area contributed by atoms with Gasteiger partial charge in [-0.3, -0.25) is 9.89 Å². The van der Waals surface area contributed by atoms with Gasteiger partial charge in [0.2, 0.25) is 0 Å². The lowest BCUT2D eigenvalue weighted by atomic mass is 9.91. The third-order valence-corrected chi connectivity index (χ3v) is 5.53. The molecule has 1 amide bonds. The molecule has 1 saturated heterocycles. The molecule has 4 rings (SSSR count). The van der Waals surface area contributed by atoms with Crippen LogP contribution in [-0.2, 0) is 6.42 Å². The molecule has 2 aromatic carbocycles. The molecule has 0 saturated carbocycles. The molecule has 5 nitrogen and oxygen atoms in total. The summed E-state index contributed by atoms with van der Waals surface area (Å²) in [4.78, 5) is 14.8. The van der Waals surface area contributed by atoms with Crippen LogP contribution in [0.25, 0.3) is 11.3 Å². The number of likely N-dealkylation sites (tertiary alicyclic amines) is 1. The van der Waals surface area contributed by atoms with Crippen LogP contribution in [0, 0.1) is 11.7 Å². The van der Waals surface area contributed by atoms with E-state index in [1.54, 1.807) is 30.3 Å². The van der Waals surface area contributed by atoms with Gasteiger partial charge in [-0.15, -0.1) is 0 Å². The van der Waals surface area contributed by atoms with E-state index >= 15 is 0 Å². The number of aryl methyl sites for hydroxylation is 1. The third kappa shape index (κ3) is 4.65. The SMILES string of the molecule is O=C(c1cc(-c2ccc(O)cc2)n[nH]1)N1CCCC(CCc2ccc(F)cc2)C1. The third-order valence-electron chi connectivity index (χ3n) is 5.53. The summed E-state index contributed by atoms with van der Waals surface area (Å²) in [7, 11) is 0. The van der Waals surface area contributed by atoms with Gasteiger partial charge in [-0.25, -0.2) is 4.39 Å². The Labute approximate surface area is 169 Å². The highest BCUT2D eigenvalue weighted by molar-refractivity contribution is 5.93. The van der Waals surface area contributed by atoms with Crippen molar-refractivity contribution in [2.45, 2.75) is 25.7 Å². The number of halogens is 1. The van der Waals surface area contributed by atoms with Crippen LogP contribution in [0.2, 0.25) is 0 Å². The molecular weight excluding hydrogens is 369 g/mol. The number of piperidine rings is 1. The number of nitrogens with one attached hydrogen (secondary N) is 1. The molecule has 6 heteroatoms. The number of phenolic OH excluding ortho intramolecular Hbond substituents is 1. The first-order chi connectivity index (χ1) is 14.1. The number of hydrogen-bond acceptors (Lipinski definition) is 3. The Kier molecular flexibility index (Phi) is 5.60. The Balaban J connectivity index is 1.37. The first-order valence-corrected chi connectivity index (χ1v) is 9.97. The standard InChI is InChI=1S/C23H24FN3O2/c24-19-9-5-16(6-10-19)3-4-17-2-1-13-27(15-17)23(29)22-14-21(25-26-22)18-7-11-20(28)12-8-18/h5-12,14,17,28H,1-4,13,15H2,(H,25,26). The van der Waals surface area contributed by atoms with Gasteiger partial charge in [0.05, 0.1) is 5.69 Å². The van der Waals surface area contributed by atoms with Crippen molar-refractivity contribution in [2.24, 2.45) is 5.92 Å². The smallest absolute Gasteiger partial charge is 0.271 e. The second-order valence-electron chi connectivity index (χ2n) is 7.64. The fourth-order valence-electron chi connectivity index (χ4n) is 3.89. The minimum absolute atomic E-state index is 0.0333. The Bertz CT molecular complexity index is 967. The zero-order valence-corrected chi connectivity index (χ0v) is 16.1. The molecule has 1 unspecified atom stereocenters. The summed E-state index contributed by atoms with van der Waals surface area (Å²) in [5.41, 5.74) is 3.13. The summed E-state index contributed by atoms with van der Waals surface area (Å²) >= 11 is 0. The van der Waals surface area contributed by atoms with E-state index in [1.165, 1.54) is 12.1 Å². The zero-order valence-electron chi connectivity index (χ0n) is 16.1. The van der Waals surface area contributed by atoms with Crippen molar-refractivity contribution in [3.8, 4) is 17.0 Å². The highest BCUT2D eigenvalue weighted by atomic mass is 19.1. The number of nitrogens with zero attached hydrogens (tertiary/aromatic N) is 2. The van der Waals surface area contributed by atoms with Crippen molar-refractivity contribution in [2.75, 3.05) is 13.1 Å². The number of hydrogen-bond donors (Lipinski definition) is 2. The van der Waals surface area contributed by atoms with E-state index in [0.29, 0.717) is 17.3 Å². The molecule has 0 spiro atoms. The highest BCUT2D eigenvalue weighted by Crippen LogP contribution is 2.25. The molecule has 150 valence electrons. The van der Waals surface area contributed by atoms with Gasteiger partial charge in [-0.05, 0) is 79.6 Å². The lowest BCUT2D eigenvalue weighted by Gasteiger charge is -2.32. The Morgan fingerprint density at radius 3 is 2.69 bits per heavy atom. The number of carbonyl (C=O) groups is 1. The van der Waals surface area contributed by atoms with Crippen molar-refractivity contribution < 1.29 is 14.3 Å². The lowest BCUT2D eigenvalue weighted by Crippen LogP contribution is -2.40. The minimum Gasteiger partial charge on any atom is -0.508 e. The van der Waals surface area contributed by atoms with E-state index in [9.17, 15) is 14.3 Å². The summed E-state index contributed by atoms with van der Waals surface area (Å²) in [6.45, 7) is 1.48. The van der Waals surface area contributed by atoms with Gasteiger partial charge >= 0.3 is 0 Å². The number of aromatic nitrogens is 2. The Morgan fingerprint density at radius 2 is 1.93 bits per heavy atom. The number of phenols is 1. The van der Waals surface area contributed by atoms with Crippen LogP contribution in [0.5, 0.6) is 5.75 Å². The summed E-state index contributed by atoms with van der Waals surface area (Å²) < 4.78 is 13.0. The first-order valence-electron chi connectivity index (χ1n) is 9.97. The summed E-state index contributed by atoms with van der Waals surface area (Å²) in [6.07, 6.45) is 3.96. The van der Waals surface area contributed by atoms with Gasteiger partial charge in [0.25, 0.3) is 5.91 Å². The molecule has 1 fully saturated rings. The maximum absolute atomic E-state index is 13.0. The molecule has 29 heavy (non-hydrogen) atoms. The van der Waals surface area contributed by atoms with E-state index in [0.717, 1.165) is 49.9 Å². The average molecular weight is 393 g/mol. The first kappa shape index (κ1) is 19.2. The molecule has 2 heterocycles. The van der Waals surface area contributed by atoms with Crippen molar-refractivity contribution in [1.82, 2.24) is 15.1 Å². The molecule has 0 bridgehead atoms. The monoisotopic (exact) mass is 393 g/mol. The van der Waals surface area contributed by atoms with Gasteiger partial charge in [0, 0.05) is 18.7 Å². The molecule has 1 aliphatic rings. The molecule has 0 radical (unpaired) electrons. The quantitative estimate of drug-likeness (QED) is 0.675.